The van der Waals surface area contributed by atoms with Gasteiger partial charge in [0.2, 0.25) is 0 Å². The van der Waals surface area contributed by atoms with Crippen molar-refractivity contribution in [3.05, 3.63) is 0 Å². The van der Waals surface area contributed by atoms with E-state index in [1.165, 1.54) is 0 Å². The van der Waals surface area contributed by atoms with Gasteiger partial charge in [-0.05, 0) is 0 Å². The third-order valence-corrected chi connectivity index (χ3v) is 6.46. The van der Waals surface area contributed by atoms with E-state index in [1.54, 1.807) is 14.2 Å². The molecule has 0 rings (SSSR count). The van der Waals surface area contributed by atoms with Gasteiger partial charge in [0, 0.05) is 24.3 Å². The molecule has 0 aromatic carbocycles. The van der Waals surface area contributed by atoms with Gasteiger partial charge in [-0.15, -0.1) is 0 Å². The fourth-order valence-corrected chi connectivity index (χ4v) is 6.10. The molecule has 2 radical (unpaired) electrons. The Hall–Kier alpha value is 0.314. The monoisotopic (exact) mass is 248 g/mol. The molecule has 0 unspecified atom stereocenters. The van der Waals surface area contributed by atoms with Gasteiger partial charge >= 0.3 is 18.6 Å². The van der Waals surface area contributed by atoms with Crippen molar-refractivity contribution in [3.63, 3.8) is 0 Å². The number of hydrogen-bond acceptors (Lipinski definition) is 3. The summed E-state index contributed by atoms with van der Waals surface area (Å²) in [6, 6.07) is 0. The smallest absolute Gasteiger partial charge is 0.380 e. The maximum Gasteiger partial charge on any atom is 0.380 e. The molecule has 0 saturated carbocycles. The SMILES string of the molecule is CO[Si](O[Si](OC)C(C)(C)C)C(C)(C)C. The van der Waals surface area contributed by atoms with Crippen LogP contribution in [-0.4, -0.2) is 32.8 Å². The van der Waals surface area contributed by atoms with Gasteiger partial charge < -0.3 is 13.0 Å². The minimum absolute atomic E-state index is 0.0686. The lowest BCUT2D eigenvalue weighted by Crippen LogP contribution is -2.43. The lowest BCUT2D eigenvalue weighted by atomic mass is 10.3. The van der Waals surface area contributed by atoms with Crippen molar-refractivity contribution in [1.29, 1.82) is 0 Å². The van der Waals surface area contributed by atoms with Gasteiger partial charge in [-0.3, -0.25) is 0 Å². The van der Waals surface area contributed by atoms with Crippen molar-refractivity contribution in [2.45, 2.75) is 51.6 Å². The summed E-state index contributed by atoms with van der Waals surface area (Å²) >= 11 is 0. The lowest BCUT2D eigenvalue weighted by molar-refractivity contribution is 0.243. The van der Waals surface area contributed by atoms with E-state index in [4.69, 9.17) is 13.0 Å². The van der Waals surface area contributed by atoms with Crippen LogP contribution in [0.4, 0.5) is 0 Å². The molecule has 0 heterocycles. The van der Waals surface area contributed by atoms with E-state index < -0.39 is 18.6 Å². The molecular weight excluding hydrogens is 224 g/mol. The van der Waals surface area contributed by atoms with Gasteiger partial charge in [0.1, 0.15) is 0 Å². The highest BCUT2D eigenvalue weighted by atomic mass is 28.4. The Kier molecular flexibility index (Phi) is 5.70. The topological polar surface area (TPSA) is 27.7 Å². The van der Waals surface area contributed by atoms with Crippen LogP contribution in [0.15, 0.2) is 0 Å². The van der Waals surface area contributed by atoms with Crippen LogP contribution in [0.25, 0.3) is 0 Å². The van der Waals surface area contributed by atoms with Crippen molar-refractivity contribution in [1.82, 2.24) is 0 Å². The predicted octanol–water partition coefficient (Wildman–Crippen LogP) is 2.87. The summed E-state index contributed by atoms with van der Waals surface area (Å²) in [6.07, 6.45) is 0. The second kappa shape index (κ2) is 5.59. The average molecular weight is 248 g/mol. The highest BCUT2D eigenvalue weighted by Crippen LogP contribution is 2.33. The summed E-state index contributed by atoms with van der Waals surface area (Å²) in [5.41, 5.74) is 0. The van der Waals surface area contributed by atoms with Crippen molar-refractivity contribution in [3.8, 4) is 0 Å². The summed E-state index contributed by atoms with van der Waals surface area (Å²) in [4.78, 5) is 0. The van der Waals surface area contributed by atoms with E-state index in [9.17, 15) is 0 Å². The van der Waals surface area contributed by atoms with Crippen LogP contribution in [-0.2, 0) is 13.0 Å². The number of rotatable bonds is 4. The van der Waals surface area contributed by atoms with Gasteiger partial charge in [-0.1, -0.05) is 41.5 Å². The molecule has 0 atom stereocenters. The highest BCUT2D eigenvalue weighted by molar-refractivity contribution is 6.62. The summed E-state index contributed by atoms with van der Waals surface area (Å²) in [5, 5.41) is 0.137. The Bertz CT molecular complexity index is 164. The first kappa shape index (κ1) is 15.3. The van der Waals surface area contributed by atoms with Crippen LogP contribution in [0.2, 0.25) is 10.1 Å². The van der Waals surface area contributed by atoms with Gasteiger partial charge in [0.25, 0.3) is 0 Å². The van der Waals surface area contributed by atoms with Gasteiger partial charge in [0.15, 0.2) is 0 Å². The fourth-order valence-electron chi connectivity index (χ4n) is 1.09. The normalized spacial score (nSPS) is 14.0. The largest absolute Gasteiger partial charge is 0.412 e. The minimum atomic E-state index is -1.27. The van der Waals surface area contributed by atoms with E-state index in [0.717, 1.165) is 0 Å². The zero-order valence-electron chi connectivity index (χ0n) is 11.2. The Balaban J connectivity index is 4.52. The van der Waals surface area contributed by atoms with E-state index in [2.05, 4.69) is 41.5 Å². The molecular formula is C10H24O3Si2. The second-order valence-corrected chi connectivity index (χ2v) is 11.4. The Morgan fingerprint density at radius 3 is 1.07 bits per heavy atom. The first-order chi connectivity index (χ1) is 6.62. The first-order valence-electron chi connectivity index (χ1n) is 5.13. The molecule has 0 aliphatic rings. The Morgan fingerprint density at radius 2 is 0.933 bits per heavy atom. The minimum Gasteiger partial charge on any atom is -0.412 e. The standard InChI is InChI=1S/C10H24O3Si2/c1-9(2,3)14(11-7)13-15(12-8)10(4,5)6/h1-8H3. The molecule has 15 heavy (non-hydrogen) atoms. The van der Waals surface area contributed by atoms with E-state index in [1.807, 2.05) is 0 Å². The molecule has 0 amide bonds. The van der Waals surface area contributed by atoms with Crippen molar-refractivity contribution in [2.75, 3.05) is 14.2 Å². The molecule has 0 aromatic rings. The molecule has 0 fully saturated rings. The molecule has 5 heteroatoms. The van der Waals surface area contributed by atoms with Gasteiger partial charge in [-0.25, -0.2) is 0 Å². The lowest BCUT2D eigenvalue weighted by Gasteiger charge is -2.32. The maximum atomic E-state index is 6.04. The Morgan fingerprint density at radius 1 is 0.667 bits per heavy atom. The number of hydrogen-bond donors (Lipinski definition) is 0. The third-order valence-electron chi connectivity index (χ3n) is 1.78. The summed E-state index contributed by atoms with van der Waals surface area (Å²) in [6.45, 7) is 12.8. The molecule has 0 aliphatic heterocycles. The zero-order valence-corrected chi connectivity index (χ0v) is 13.2. The van der Waals surface area contributed by atoms with Crippen LogP contribution >= 0.6 is 0 Å². The van der Waals surface area contributed by atoms with Gasteiger partial charge in [-0.2, -0.15) is 0 Å². The summed E-state index contributed by atoms with van der Waals surface area (Å²) < 4.78 is 17.0. The van der Waals surface area contributed by atoms with Crippen LogP contribution in [0.1, 0.15) is 41.5 Å². The average Bonchev–Trinajstić information content (AvgIpc) is 2.01. The highest BCUT2D eigenvalue weighted by Gasteiger charge is 2.39. The summed E-state index contributed by atoms with van der Waals surface area (Å²) in [7, 11) is 0.894. The molecule has 0 bridgehead atoms. The molecule has 0 aliphatic carbocycles. The molecule has 3 nitrogen and oxygen atoms in total. The van der Waals surface area contributed by atoms with Crippen LogP contribution in [0.3, 0.4) is 0 Å². The van der Waals surface area contributed by atoms with Crippen LogP contribution < -0.4 is 0 Å². The zero-order chi connectivity index (χ0) is 12.3. The third kappa shape index (κ3) is 5.26. The van der Waals surface area contributed by atoms with Crippen LogP contribution in [0, 0.1) is 0 Å². The van der Waals surface area contributed by atoms with Crippen LogP contribution in [0.5, 0.6) is 0 Å². The maximum absolute atomic E-state index is 6.04. The van der Waals surface area contributed by atoms with Gasteiger partial charge in [0.05, 0.1) is 0 Å². The van der Waals surface area contributed by atoms with E-state index in [0.29, 0.717) is 0 Å². The summed E-state index contributed by atoms with van der Waals surface area (Å²) in [5.74, 6) is 0. The predicted molar refractivity (Wildman–Crippen MR) is 66.0 cm³/mol. The van der Waals surface area contributed by atoms with Crippen molar-refractivity contribution < 1.29 is 13.0 Å². The fraction of sp³-hybridized carbons (Fsp3) is 1.00. The molecule has 0 spiro atoms. The van der Waals surface area contributed by atoms with Crippen molar-refractivity contribution >= 4 is 18.6 Å². The molecule has 90 valence electrons. The van der Waals surface area contributed by atoms with E-state index >= 15 is 0 Å². The van der Waals surface area contributed by atoms with E-state index in [-0.39, 0.29) is 10.1 Å². The quantitative estimate of drug-likeness (QED) is 0.716. The molecule has 0 N–H and O–H groups in total. The molecule has 0 saturated heterocycles. The Labute approximate surface area is 97.8 Å². The second-order valence-electron chi connectivity index (χ2n) is 5.59. The molecule has 0 aromatic heterocycles. The van der Waals surface area contributed by atoms with Crippen molar-refractivity contribution in [2.24, 2.45) is 0 Å². The first-order valence-corrected chi connectivity index (χ1v) is 7.77.